The summed E-state index contributed by atoms with van der Waals surface area (Å²) in [7, 11) is -3.34. The third kappa shape index (κ3) is 3.72. The lowest BCUT2D eigenvalue weighted by Gasteiger charge is -2.24. The monoisotopic (exact) mass is 338 g/mol. The van der Waals surface area contributed by atoms with Gasteiger partial charge in [0.2, 0.25) is 0 Å². The van der Waals surface area contributed by atoms with E-state index in [-0.39, 0.29) is 10.8 Å². The Kier molecular flexibility index (Phi) is 4.39. The molecule has 22 heavy (non-hydrogen) atoms. The molecule has 1 aromatic carbocycles. The van der Waals surface area contributed by atoms with Crippen molar-refractivity contribution in [3.8, 4) is 0 Å². The molecule has 118 valence electrons. The van der Waals surface area contributed by atoms with Crippen molar-refractivity contribution in [3.63, 3.8) is 0 Å². The van der Waals surface area contributed by atoms with Gasteiger partial charge >= 0.3 is 0 Å². The summed E-state index contributed by atoms with van der Waals surface area (Å²) >= 11 is 1.48. The lowest BCUT2D eigenvalue weighted by molar-refractivity contribution is 0.0911. The molecule has 1 aromatic heterocycles. The maximum atomic E-state index is 12.4. The molecule has 0 atom stereocenters. The van der Waals surface area contributed by atoms with Crippen LogP contribution in [0.15, 0.2) is 34.5 Å². The van der Waals surface area contributed by atoms with Crippen LogP contribution in [-0.4, -0.2) is 25.6 Å². The van der Waals surface area contributed by atoms with Gasteiger partial charge in [0.25, 0.3) is 5.91 Å². The number of nitrogens with one attached hydrogen (secondary N) is 1. The van der Waals surface area contributed by atoms with E-state index in [2.05, 4.69) is 10.3 Å². The number of carbonyl (C=O) groups is 1. The zero-order valence-corrected chi connectivity index (χ0v) is 14.5. The van der Waals surface area contributed by atoms with E-state index in [0.29, 0.717) is 5.56 Å². The van der Waals surface area contributed by atoms with Gasteiger partial charge in [0.05, 0.1) is 10.4 Å². The summed E-state index contributed by atoms with van der Waals surface area (Å²) < 4.78 is 23.2. The zero-order chi connectivity index (χ0) is 16.5. The number of rotatable bonds is 4. The van der Waals surface area contributed by atoms with E-state index in [1.54, 1.807) is 12.1 Å². The molecule has 7 heteroatoms. The van der Waals surface area contributed by atoms with Crippen LogP contribution in [0.3, 0.4) is 0 Å². The second-order valence-electron chi connectivity index (χ2n) is 5.67. The summed E-state index contributed by atoms with van der Waals surface area (Å²) in [6.45, 7) is 5.63. The van der Waals surface area contributed by atoms with E-state index in [1.807, 2.05) is 26.2 Å². The number of aromatic nitrogens is 1. The molecule has 1 N–H and O–H groups in total. The van der Waals surface area contributed by atoms with Crippen molar-refractivity contribution in [2.24, 2.45) is 0 Å². The highest BCUT2D eigenvalue weighted by molar-refractivity contribution is 7.90. The van der Waals surface area contributed by atoms with Gasteiger partial charge in [0, 0.05) is 22.9 Å². The molecule has 0 unspecified atom stereocenters. The van der Waals surface area contributed by atoms with Gasteiger partial charge in [-0.25, -0.2) is 13.4 Å². The highest BCUT2D eigenvalue weighted by atomic mass is 32.2. The summed E-state index contributed by atoms with van der Waals surface area (Å²) in [5.74, 6) is -0.330. The highest BCUT2D eigenvalue weighted by Crippen LogP contribution is 2.24. The zero-order valence-electron chi connectivity index (χ0n) is 12.9. The maximum absolute atomic E-state index is 12.4. The molecule has 2 aromatic rings. The minimum Gasteiger partial charge on any atom is -0.341 e. The van der Waals surface area contributed by atoms with Crippen molar-refractivity contribution in [2.45, 2.75) is 31.2 Å². The van der Waals surface area contributed by atoms with E-state index >= 15 is 0 Å². The molecule has 0 fully saturated rings. The summed E-state index contributed by atoms with van der Waals surface area (Å²) in [6, 6.07) is 6.01. The Hall–Kier alpha value is -1.73. The molecule has 0 saturated carbocycles. The number of hydrogen-bond donors (Lipinski definition) is 1. The van der Waals surface area contributed by atoms with Crippen LogP contribution in [0, 0.1) is 6.92 Å². The van der Waals surface area contributed by atoms with Crippen molar-refractivity contribution in [1.82, 2.24) is 10.3 Å². The molecule has 0 bridgehead atoms. The number of benzene rings is 1. The minimum atomic E-state index is -3.34. The smallest absolute Gasteiger partial charge is 0.252 e. The van der Waals surface area contributed by atoms with E-state index in [0.717, 1.165) is 17.0 Å². The molecule has 0 saturated heterocycles. The fourth-order valence-corrected chi connectivity index (χ4v) is 3.46. The Morgan fingerprint density at radius 2 is 2.00 bits per heavy atom. The first kappa shape index (κ1) is 16.6. The van der Waals surface area contributed by atoms with Crippen LogP contribution in [-0.2, 0) is 15.4 Å². The lowest BCUT2D eigenvalue weighted by atomic mass is 10.1. The van der Waals surface area contributed by atoms with Crippen molar-refractivity contribution in [2.75, 3.05) is 6.26 Å². The molecule has 0 aliphatic carbocycles. The number of carbonyl (C=O) groups excluding carboxylic acids is 1. The number of thiazole rings is 1. The largest absolute Gasteiger partial charge is 0.341 e. The average molecular weight is 338 g/mol. The first-order valence-corrected chi connectivity index (χ1v) is 9.42. The van der Waals surface area contributed by atoms with Gasteiger partial charge in [-0.1, -0.05) is 6.07 Å². The Balaban J connectivity index is 2.26. The predicted molar refractivity (Wildman–Crippen MR) is 86.9 cm³/mol. The summed E-state index contributed by atoms with van der Waals surface area (Å²) in [6.07, 6.45) is 1.12. The number of hydrogen-bond acceptors (Lipinski definition) is 5. The topological polar surface area (TPSA) is 76.1 Å². The van der Waals surface area contributed by atoms with Gasteiger partial charge in [0.15, 0.2) is 9.84 Å². The van der Waals surface area contributed by atoms with Crippen LogP contribution in [0.25, 0.3) is 0 Å². The van der Waals surface area contributed by atoms with Crippen molar-refractivity contribution in [3.05, 3.63) is 45.9 Å². The molecular weight excluding hydrogens is 320 g/mol. The molecule has 0 aliphatic rings. The molecule has 5 nitrogen and oxygen atoms in total. The standard InChI is InChI=1S/C15H18N2O3S2/c1-10-9-21-14(16-10)15(2,3)17-13(18)11-6-5-7-12(8-11)22(4,19)20/h5-9H,1-4H3,(H,17,18). The third-order valence-corrected chi connectivity index (χ3v) is 5.50. The van der Waals surface area contributed by atoms with Crippen LogP contribution >= 0.6 is 11.3 Å². The van der Waals surface area contributed by atoms with Crippen molar-refractivity contribution in [1.29, 1.82) is 0 Å². The fourth-order valence-electron chi connectivity index (χ4n) is 1.92. The number of sulfone groups is 1. The second kappa shape index (κ2) is 5.81. The Morgan fingerprint density at radius 3 is 2.55 bits per heavy atom. The third-order valence-electron chi connectivity index (χ3n) is 3.10. The lowest BCUT2D eigenvalue weighted by Crippen LogP contribution is -2.41. The van der Waals surface area contributed by atoms with E-state index < -0.39 is 15.4 Å². The summed E-state index contributed by atoms with van der Waals surface area (Å²) in [4.78, 5) is 16.9. The Labute approximate surface area is 134 Å². The molecule has 0 aliphatic heterocycles. The van der Waals surface area contributed by atoms with E-state index in [9.17, 15) is 13.2 Å². The fraction of sp³-hybridized carbons (Fsp3) is 0.333. The van der Waals surface area contributed by atoms with Crippen molar-refractivity contribution >= 4 is 27.1 Å². The average Bonchev–Trinajstić information content (AvgIpc) is 2.85. The van der Waals surface area contributed by atoms with Gasteiger partial charge in [-0.2, -0.15) is 0 Å². The molecule has 1 amide bonds. The highest BCUT2D eigenvalue weighted by Gasteiger charge is 2.26. The normalized spacial score (nSPS) is 12.2. The van der Waals surface area contributed by atoms with E-state index in [4.69, 9.17) is 0 Å². The van der Waals surface area contributed by atoms with Crippen LogP contribution in [0.2, 0.25) is 0 Å². The first-order valence-electron chi connectivity index (χ1n) is 6.65. The summed E-state index contributed by atoms with van der Waals surface area (Å²) in [5, 5.41) is 5.62. The predicted octanol–water partition coefficient (Wildman–Crippen LogP) is 2.52. The first-order chi connectivity index (χ1) is 10.1. The van der Waals surface area contributed by atoms with Gasteiger partial charge in [0.1, 0.15) is 5.01 Å². The SMILES string of the molecule is Cc1csc(C(C)(C)NC(=O)c2cccc(S(C)(=O)=O)c2)n1. The van der Waals surface area contributed by atoms with Crippen LogP contribution < -0.4 is 5.32 Å². The number of amides is 1. The van der Waals surface area contributed by atoms with Crippen molar-refractivity contribution < 1.29 is 13.2 Å². The second-order valence-corrected chi connectivity index (χ2v) is 8.55. The molecule has 0 spiro atoms. The van der Waals surface area contributed by atoms with Crippen LogP contribution in [0.5, 0.6) is 0 Å². The maximum Gasteiger partial charge on any atom is 0.252 e. The van der Waals surface area contributed by atoms with Gasteiger partial charge in [-0.3, -0.25) is 4.79 Å². The number of nitrogens with zero attached hydrogens (tertiary/aromatic N) is 1. The minimum absolute atomic E-state index is 0.128. The quantitative estimate of drug-likeness (QED) is 0.929. The van der Waals surface area contributed by atoms with Gasteiger partial charge in [-0.15, -0.1) is 11.3 Å². The van der Waals surface area contributed by atoms with Crippen LogP contribution in [0.4, 0.5) is 0 Å². The van der Waals surface area contributed by atoms with Crippen LogP contribution in [0.1, 0.15) is 34.9 Å². The van der Waals surface area contributed by atoms with E-state index in [1.165, 1.54) is 23.5 Å². The van der Waals surface area contributed by atoms with Gasteiger partial charge in [-0.05, 0) is 39.0 Å². The number of aryl methyl sites for hydroxylation is 1. The molecular formula is C15H18N2O3S2. The Bertz CT molecular complexity index is 808. The molecule has 2 rings (SSSR count). The molecule has 0 radical (unpaired) electrons. The Morgan fingerprint density at radius 1 is 1.32 bits per heavy atom. The summed E-state index contributed by atoms with van der Waals surface area (Å²) in [5.41, 5.74) is 0.586. The molecule has 1 heterocycles. The van der Waals surface area contributed by atoms with Gasteiger partial charge < -0.3 is 5.32 Å².